The van der Waals surface area contributed by atoms with Gasteiger partial charge in [-0.25, -0.2) is 0 Å². The molecule has 132 valence electrons. The number of carbonyl (C=O) groups excluding carboxylic acids is 1. The van der Waals surface area contributed by atoms with Gasteiger partial charge in [0.05, 0.1) is 13.2 Å². The smallest absolute Gasteiger partial charge is 0.247 e. The van der Waals surface area contributed by atoms with Crippen LogP contribution < -0.4 is 15.8 Å². The third-order valence-corrected chi connectivity index (χ3v) is 4.87. The standard InChI is InChI=1S/C17H21N5O3/c1-24-13-4-2-10(3-5-13)17-21-20-15(25-17)7-12-8-19-16(23)14-6-11(18)9-22(12)14/h2-5,11-12,14H,6-9,18H2,1H3,(H,19,23)/t11-,12+,14-/m0/s1. The van der Waals surface area contributed by atoms with Crippen molar-refractivity contribution in [1.82, 2.24) is 20.4 Å². The monoisotopic (exact) mass is 343 g/mol. The molecule has 2 aromatic rings. The van der Waals surface area contributed by atoms with Crippen LogP contribution in [0.15, 0.2) is 28.7 Å². The number of methoxy groups -OCH3 is 1. The van der Waals surface area contributed by atoms with E-state index >= 15 is 0 Å². The number of aromatic nitrogens is 2. The number of nitrogens with two attached hydrogens (primary N) is 1. The quantitative estimate of drug-likeness (QED) is 0.816. The number of ether oxygens (including phenoxy) is 1. The molecule has 1 amide bonds. The molecular formula is C17H21N5O3. The summed E-state index contributed by atoms with van der Waals surface area (Å²) >= 11 is 0. The van der Waals surface area contributed by atoms with Crippen molar-refractivity contribution in [2.75, 3.05) is 20.2 Å². The molecule has 1 aromatic carbocycles. The van der Waals surface area contributed by atoms with Crippen LogP contribution in [0.25, 0.3) is 11.5 Å². The lowest BCUT2D eigenvalue weighted by Crippen LogP contribution is -2.58. The molecule has 8 heteroatoms. The van der Waals surface area contributed by atoms with E-state index in [1.807, 2.05) is 24.3 Å². The highest BCUT2D eigenvalue weighted by Gasteiger charge is 2.42. The lowest BCUT2D eigenvalue weighted by Gasteiger charge is -2.36. The number of fused-ring (bicyclic) bond motifs is 1. The molecule has 3 atom stereocenters. The van der Waals surface area contributed by atoms with Crippen LogP contribution in [0.1, 0.15) is 12.3 Å². The van der Waals surface area contributed by atoms with E-state index in [9.17, 15) is 4.79 Å². The molecule has 0 unspecified atom stereocenters. The molecule has 2 aliphatic heterocycles. The minimum atomic E-state index is -0.141. The molecule has 25 heavy (non-hydrogen) atoms. The van der Waals surface area contributed by atoms with Crippen molar-refractivity contribution in [2.24, 2.45) is 5.73 Å². The summed E-state index contributed by atoms with van der Waals surface area (Å²) in [5.41, 5.74) is 6.88. The van der Waals surface area contributed by atoms with Gasteiger partial charge in [0.15, 0.2) is 0 Å². The zero-order valence-electron chi connectivity index (χ0n) is 14.0. The molecule has 0 aliphatic carbocycles. The molecule has 4 rings (SSSR count). The van der Waals surface area contributed by atoms with Crippen molar-refractivity contribution in [3.05, 3.63) is 30.2 Å². The van der Waals surface area contributed by atoms with E-state index in [2.05, 4.69) is 20.4 Å². The largest absolute Gasteiger partial charge is 0.497 e. The van der Waals surface area contributed by atoms with Gasteiger partial charge in [-0.1, -0.05) is 0 Å². The number of benzene rings is 1. The highest BCUT2D eigenvalue weighted by atomic mass is 16.5. The number of carbonyl (C=O) groups is 1. The number of amides is 1. The van der Waals surface area contributed by atoms with Crippen molar-refractivity contribution in [1.29, 1.82) is 0 Å². The van der Waals surface area contributed by atoms with E-state index in [-0.39, 0.29) is 24.0 Å². The molecule has 0 radical (unpaired) electrons. The summed E-state index contributed by atoms with van der Waals surface area (Å²) in [6.45, 7) is 1.30. The first-order chi connectivity index (χ1) is 12.1. The summed E-state index contributed by atoms with van der Waals surface area (Å²) in [6, 6.07) is 7.49. The second-order valence-corrected chi connectivity index (χ2v) is 6.54. The van der Waals surface area contributed by atoms with Crippen LogP contribution >= 0.6 is 0 Å². The van der Waals surface area contributed by atoms with Crippen molar-refractivity contribution in [2.45, 2.75) is 31.0 Å². The van der Waals surface area contributed by atoms with Crippen LogP contribution in [0, 0.1) is 0 Å². The van der Waals surface area contributed by atoms with E-state index in [4.69, 9.17) is 14.9 Å². The summed E-state index contributed by atoms with van der Waals surface area (Å²) in [7, 11) is 1.63. The highest BCUT2D eigenvalue weighted by molar-refractivity contribution is 5.83. The predicted molar refractivity (Wildman–Crippen MR) is 89.9 cm³/mol. The van der Waals surface area contributed by atoms with E-state index in [0.717, 1.165) is 17.9 Å². The van der Waals surface area contributed by atoms with Crippen molar-refractivity contribution in [3.63, 3.8) is 0 Å². The second-order valence-electron chi connectivity index (χ2n) is 6.54. The maximum atomic E-state index is 12.0. The van der Waals surface area contributed by atoms with Crippen LogP contribution in [-0.2, 0) is 11.2 Å². The number of nitrogens with one attached hydrogen (secondary N) is 1. The fourth-order valence-corrected chi connectivity index (χ4v) is 3.59. The molecule has 0 saturated carbocycles. The van der Waals surface area contributed by atoms with Crippen molar-refractivity contribution >= 4 is 5.91 Å². The van der Waals surface area contributed by atoms with E-state index in [1.54, 1.807) is 7.11 Å². The third-order valence-electron chi connectivity index (χ3n) is 4.87. The Morgan fingerprint density at radius 1 is 1.36 bits per heavy atom. The fraction of sp³-hybridized carbons (Fsp3) is 0.471. The summed E-state index contributed by atoms with van der Waals surface area (Å²) in [4.78, 5) is 14.2. The molecule has 3 N–H and O–H groups in total. The van der Waals surface area contributed by atoms with Gasteiger partial charge >= 0.3 is 0 Å². The zero-order chi connectivity index (χ0) is 17.4. The van der Waals surface area contributed by atoms with Crippen molar-refractivity contribution < 1.29 is 13.9 Å². The van der Waals surface area contributed by atoms with Crippen LogP contribution in [-0.4, -0.2) is 59.3 Å². The Morgan fingerprint density at radius 2 is 2.16 bits per heavy atom. The van der Waals surface area contributed by atoms with Gasteiger partial charge in [-0.15, -0.1) is 10.2 Å². The maximum Gasteiger partial charge on any atom is 0.247 e. The number of hydrogen-bond acceptors (Lipinski definition) is 7. The second kappa shape index (κ2) is 6.45. The first kappa shape index (κ1) is 16.0. The van der Waals surface area contributed by atoms with Gasteiger partial charge in [-0.3, -0.25) is 9.69 Å². The Morgan fingerprint density at radius 3 is 2.92 bits per heavy atom. The molecule has 2 aliphatic rings. The Bertz CT molecular complexity index is 760. The van der Waals surface area contributed by atoms with Gasteiger partial charge in [-0.05, 0) is 30.7 Å². The molecule has 3 heterocycles. The van der Waals surface area contributed by atoms with Gasteiger partial charge in [0.1, 0.15) is 5.75 Å². The predicted octanol–water partition coefficient (Wildman–Crippen LogP) is 0.188. The van der Waals surface area contributed by atoms with Gasteiger partial charge in [-0.2, -0.15) is 0 Å². The zero-order valence-corrected chi connectivity index (χ0v) is 14.0. The topological polar surface area (TPSA) is 107 Å². The Kier molecular flexibility index (Phi) is 4.14. The lowest BCUT2D eigenvalue weighted by atomic mass is 10.1. The van der Waals surface area contributed by atoms with Crippen molar-refractivity contribution in [3.8, 4) is 17.2 Å². The molecular weight excluding hydrogens is 322 g/mol. The minimum Gasteiger partial charge on any atom is -0.497 e. The average molecular weight is 343 g/mol. The van der Waals surface area contributed by atoms with Gasteiger partial charge in [0.2, 0.25) is 17.7 Å². The van der Waals surface area contributed by atoms with Crippen LogP contribution in [0.5, 0.6) is 5.75 Å². The number of nitrogens with zero attached hydrogens (tertiary/aromatic N) is 3. The van der Waals surface area contributed by atoms with E-state index in [0.29, 0.717) is 31.2 Å². The molecule has 2 saturated heterocycles. The van der Waals surface area contributed by atoms with Gasteiger partial charge in [0, 0.05) is 37.2 Å². The SMILES string of the molecule is COc1ccc(-c2nnc(C[C@@H]3CNC(=O)[C@@H]4C[C@H](N)CN34)o2)cc1. The summed E-state index contributed by atoms with van der Waals surface area (Å²) in [6.07, 6.45) is 1.29. The molecule has 0 bridgehead atoms. The Balaban J connectivity index is 1.48. The van der Waals surface area contributed by atoms with Crippen LogP contribution in [0.4, 0.5) is 0 Å². The number of piperazine rings is 1. The van der Waals surface area contributed by atoms with Gasteiger partial charge < -0.3 is 20.2 Å². The molecule has 1 aromatic heterocycles. The molecule has 0 spiro atoms. The van der Waals surface area contributed by atoms with Crippen LogP contribution in [0.3, 0.4) is 0 Å². The first-order valence-corrected chi connectivity index (χ1v) is 8.40. The summed E-state index contributed by atoms with van der Waals surface area (Å²) < 4.78 is 11.0. The average Bonchev–Trinajstić information content (AvgIpc) is 3.24. The fourth-order valence-electron chi connectivity index (χ4n) is 3.59. The Hall–Kier alpha value is -2.45. The third kappa shape index (κ3) is 3.10. The Labute approximate surface area is 145 Å². The van der Waals surface area contributed by atoms with E-state index < -0.39 is 0 Å². The van der Waals surface area contributed by atoms with Gasteiger partial charge in [0.25, 0.3) is 0 Å². The minimum absolute atomic E-state index is 0.0360. The molecule has 2 fully saturated rings. The summed E-state index contributed by atoms with van der Waals surface area (Å²) in [5.74, 6) is 1.88. The normalized spacial score (nSPS) is 26.3. The first-order valence-electron chi connectivity index (χ1n) is 8.40. The van der Waals surface area contributed by atoms with E-state index in [1.165, 1.54) is 0 Å². The molecule has 8 nitrogen and oxygen atoms in total. The number of hydrogen-bond donors (Lipinski definition) is 2. The maximum absolute atomic E-state index is 12.0. The highest BCUT2D eigenvalue weighted by Crippen LogP contribution is 2.26. The summed E-state index contributed by atoms with van der Waals surface area (Å²) in [5, 5.41) is 11.3. The van der Waals surface area contributed by atoms with Crippen LogP contribution in [0.2, 0.25) is 0 Å². The number of rotatable bonds is 4. The lowest BCUT2D eigenvalue weighted by molar-refractivity contribution is -0.129.